The lowest BCUT2D eigenvalue weighted by Crippen LogP contribution is -1.94. The zero-order chi connectivity index (χ0) is 21.3. The number of rotatable bonds is 2. The fourth-order valence-electron chi connectivity index (χ4n) is 3.95. The van der Waals surface area contributed by atoms with Crippen LogP contribution in [0, 0.1) is 0 Å². The van der Waals surface area contributed by atoms with Gasteiger partial charge in [-0.2, -0.15) is 0 Å². The van der Waals surface area contributed by atoms with Crippen LogP contribution in [-0.4, -0.2) is 0 Å². The molecule has 0 aromatic heterocycles. The van der Waals surface area contributed by atoms with E-state index in [-0.39, 0.29) is 14.9 Å². The van der Waals surface area contributed by atoms with Crippen LogP contribution in [0.15, 0.2) is 109 Å². The predicted molar refractivity (Wildman–Crippen MR) is 146 cm³/mol. The molecule has 0 N–H and O–H groups in total. The fourth-order valence-corrected chi connectivity index (χ4v) is 3.95. The smallest absolute Gasteiger partial charge is 0.00143 e. The molecule has 32 heavy (non-hydrogen) atoms. The molecule has 166 valence electrons. The molecule has 0 saturated carbocycles. The minimum atomic E-state index is 0. The average molecular weight is 423 g/mol. The Morgan fingerprint density at radius 1 is 0.375 bits per heavy atom. The lowest BCUT2D eigenvalue weighted by atomic mass is 9.88. The van der Waals surface area contributed by atoms with Crippen molar-refractivity contribution in [2.24, 2.45) is 0 Å². The Bertz CT molecular complexity index is 1010. The van der Waals surface area contributed by atoms with Gasteiger partial charge >= 0.3 is 0 Å². The molecule has 0 aliphatic heterocycles. The molecule has 0 amide bonds. The Labute approximate surface area is 196 Å². The quantitative estimate of drug-likeness (QED) is 0.265. The van der Waals surface area contributed by atoms with Crippen molar-refractivity contribution in [2.75, 3.05) is 0 Å². The zero-order valence-electron chi connectivity index (χ0n) is 18.4. The van der Waals surface area contributed by atoms with Crippen LogP contribution in [0.4, 0.5) is 0 Å². The standard InChI is InChI=1S/C26H18.2C2H6.2CH4/c1-3-11-19(12-4-1)25(20-13-5-2-6-14-20)26-23-17-9-7-15-21(23)22-16-8-10-18-24(22)26;2*1-2;;/h1-18H;2*1-2H3;2*1H4. The summed E-state index contributed by atoms with van der Waals surface area (Å²) in [6.07, 6.45) is 0. The SMILES string of the molecule is C.C.CC.CC.c1ccc(C(=C2c3ccccc3-c3ccccc32)c2ccccc2)cc1. The summed E-state index contributed by atoms with van der Waals surface area (Å²) in [5, 5.41) is 0. The Hall–Kier alpha value is -3.38. The fraction of sp³-hybridized carbons (Fsp3) is 0.188. The highest BCUT2D eigenvalue weighted by molar-refractivity contribution is 6.13. The maximum absolute atomic E-state index is 2.25. The van der Waals surface area contributed by atoms with Gasteiger partial charge in [0, 0.05) is 0 Å². The topological polar surface area (TPSA) is 0 Å². The van der Waals surface area contributed by atoms with Crippen molar-refractivity contribution in [3.63, 3.8) is 0 Å². The third-order valence-corrected chi connectivity index (χ3v) is 5.06. The highest BCUT2D eigenvalue weighted by Crippen LogP contribution is 2.48. The second kappa shape index (κ2) is 13.1. The van der Waals surface area contributed by atoms with E-state index < -0.39 is 0 Å². The van der Waals surface area contributed by atoms with Gasteiger partial charge in [0.1, 0.15) is 0 Å². The zero-order valence-corrected chi connectivity index (χ0v) is 18.4. The van der Waals surface area contributed by atoms with Crippen molar-refractivity contribution in [3.8, 4) is 11.1 Å². The Kier molecular flexibility index (Phi) is 10.9. The molecule has 4 aromatic carbocycles. The average Bonchev–Trinajstić information content (AvgIpc) is 3.18. The summed E-state index contributed by atoms with van der Waals surface area (Å²) in [6.45, 7) is 8.00. The van der Waals surface area contributed by atoms with E-state index in [2.05, 4.69) is 109 Å². The summed E-state index contributed by atoms with van der Waals surface area (Å²) in [5.41, 5.74) is 10.4. The molecule has 5 rings (SSSR count). The second-order valence-electron chi connectivity index (χ2n) is 6.57. The van der Waals surface area contributed by atoms with E-state index in [0.29, 0.717) is 0 Å². The van der Waals surface area contributed by atoms with E-state index in [1.807, 2.05) is 27.7 Å². The van der Waals surface area contributed by atoms with E-state index >= 15 is 0 Å². The number of hydrogen-bond acceptors (Lipinski definition) is 0. The molecule has 0 heteroatoms. The summed E-state index contributed by atoms with van der Waals surface area (Å²) < 4.78 is 0. The van der Waals surface area contributed by atoms with Gasteiger partial charge in [-0.1, -0.05) is 152 Å². The third kappa shape index (κ3) is 5.08. The molecule has 1 aliphatic rings. The van der Waals surface area contributed by atoms with Gasteiger partial charge in [-0.15, -0.1) is 0 Å². The van der Waals surface area contributed by atoms with Gasteiger partial charge in [0.05, 0.1) is 0 Å². The van der Waals surface area contributed by atoms with Crippen molar-refractivity contribution in [2.45, 2.75) is 42.5 Å². The van der Waals surface area contributed by atoms with E-state index in [1.165, 1.54) is 44.5 Å². The van der Waals surface area contributed by atoms with Crippen molar-refractivity contribution in [3.05, 3.63) is 131 Å². The van der Waals surface area contributed by atoms with Crippen LogP contribution in [0.5, 0.6) is 0 Å². The highest BCUT2D eigenvalue weighted by atomic mass is 14.3. The Morgan fingerprint density at radius 3 is 1.00 bits per heavy atom. The summed E-state index contributed by atoms with van der Waals surface area (Å²) in [4.78, 5) is 0. The molecular weight excluding hydrogens is 384 g/mol. The van der Waals surface area contributed by atoms with Crippen LogP contribution < -0.4 is 0 Å². The van der Waals surface area contributed by atoms with Crippen LogP contribution in [0.25, 0.3) is 22.3 Å². The van der Waals surface area contributed by atoms with Gasteiger partial charge in [0.25, 0.3) is 0 Å². The van der Waals surface area contributed by atoms with Crippen LogP contribution in [-0.2, 0) is 0 Å². The van der Waals surface area contributed by atoms with Crippen LogP contribution >= 0.6 is 0 Å². The van der Waals surface area contributed by atoms with Crippen LogP contribution in [0.2, 0.25) is 0 Å². The van der Waals surface area contributed by atoms with Gasteiger partial charge < -0.3 is 0 Å². The second-order valence-corrected chi connectivity index (χ2v) is 6.57. The first kappa shape index (κ1) is 26.7. The van der Waals surface area contributed by atoms with Crippen molar-refractivity contribution < 1.29 is 0 Å². The lowest BCUT2D eigenvalue weighted by Gasteiger charge is -2.15. The number of fused-ring (bicyclic) bond motifs is 3. The molecule has 0 saturated heterocycles. The molecule has 0 atom stereocenters. The van der Waals surface area contributed by atoms with Crippen LogP contribution in [0.1, 0.15) is 64.8 Å². The minimum Gasteiger partial charge on any atom is -0.0776 e. The van der Waals surface area contributed by atoms with Crippen molar-refractivity contribution in [1.29, 1.82) is 0 Å². The van der Waals surface area contributed by atoms with Gasteiger partial charge in [-0.25, -0.2) is 0 Å². The number of hydrogen-bond donors (Lipinski definition) is 0. The first-order valence-electron chi connectivity index (χ1n) is 11.0. The maximum Gasteiger partial charge on any atom is -0.00143 e. The Balaban J connectivity index is 0.000000811. The predicted octanol–water partition coefficient (Wildman–Crippen LogP) is 10.00. The molecule has 0 spiro atoms. The molecule has 1 aliphatic carbocycles. The summed E-state index contributed by atoms with van der Waals surface area (Å²) >= 11 is 0. The first-order chi connectivity index (χ1) is 14.9. The van der Waals surface area contributed by atoms with Crippen LogP contribution in [0.3, 0.4) is 0 Å². The molecule has 0 bridgehead atoms. The Morgan fingerprint density at radius 2 is 0.656 bits per heavy atom. The van der Waals surface area contributed by atoms with Gasteiger partial charge in [0.2, 0.25) is 0 Å². The molecule has 0 unspecified atom stereocenters. The number of benzene rings is 4. The molecule has 0 nitrogen and oxygen atoms in total. The van der Waals surface area contributed by atoms with E-state index in [9.17, 15) is 0 Å². The van der Waals surface area contributed by atoms with Crippen molar-refractivity contribution >= 4 is 11.1 Å². The van der Waals surface area contributed by atoms with Crippen molar-refractivity contribution in [1.82, 2.24) is 0 Å². The van der Waals surface area contributed by atoms with Gasteiger partial charge in [-0.05, 0) is 44.5 Å². The van der Waals surface area contributed by atoms with Gasteiger partial charge in [-0.3, -0.25) is 0 Å². The molecule has 0 heterocycles. The van der Waals surface area contributed by atoms with E-state index in [4.69, 9.17) is 0 Å². The largest absolute Gasteiger partial charge is 0.0776 e. The normalized spacial score (nSPS) is 9.94. The third-order valence-electron chi connectivity index (χ3n) is 5.06. The minimum absolute atomic E-state index is 0. The summed E-state index contributed by atoms with van der Waals surface area (Å²) in [6, 6.07) is 38.9. The van der Waals surface area contributed by atoms with E-state index in [1.54, 1.807) is 0 Å². The molecular formula is C32H38. The summed E-state index contributed by atoms with van der Waals surface area (Å²) in [5.74, 6) is 0. The van der Waals surface area contributed by atoms with Gasteiger partial charge in [0.15, 0.2) is 0 Å². The molecule has 0 fully saturated rings. The summed E-state index contributed by atoms with van der Waals surface area (Å²) in [7, 11) is 0. The lowest BCUT2D eigenvalue weighted by molar-refractivity contribution is 1.50. The molecule has 4 aromatic rings. The maximum atomic E-state index is 2.25. The monoisotopic (exact) mass is 422 g/mol. The molecule has 0 radical (unpaired) electrons. The first-order valence-corrected chi connectivity index (χ1v) is 11.0. The van der Waals surface area contributed by atoms with E-state index in [0.717, 1.165) is 0 Å². The highest BCUT2D eigenvalue weighted by Gasteiger charge is 2.26.